The zero-order chi connectivity index (χ0) is 20.5. The van der Waals surface area contributed by atoms with Gasteiger partial charge in [-0.3, -0.25) is 14.4 Å². The van der Waals surface area contributed by atoms with E-state index < -0.39 is 11.9 Å². The highest BCUT2D eigenvalue weighted by Gasteiger charge is 2.22. The molecule has 0 aliphatic rings. The molecule has 3 aromatic rings. The van der Waals surface area contributed by atoms with Gasteiger partial charge in [0.25, 0.3) is 11.8 Å². The van der Waals surface area contributed by atoms with Crippen molar-refractivity contribution >= 4 is 17.7 Å². The van der Waals surface area contributed by atoms with Crippen molar-refractivity contribution in [1.29, 1.82) is 0 Å². The third-order valence-electron chi connectivity index (χ3n) is 4.10. The van der Waals surface area contributed by atoms with E-state index in [9.17, 15) is 14.4 Å². The minimum absolute atomic E-state index is 0.126. The van der Waals surface area contributed by atoms with Gasteiger partial charge < -0.3 is 24.8 Å². The normalized spacial score (nSPS) is 11.4. The topological polar surface area (TPSA) is 114 Å². The Hall–Kier alpha value is -3.81. The summed E-state index contributed by atoms with van der Waals surface area (Å²) < 4.78 is 10.1. The van der Waals surface area contributed by atoms with Gasteiger partial charge in [0.05, 0.1) is 12.5 Å². The standard InChI is InChI=1S/C21H21N3O5/c25-19(22-10-11-23-20(26)17-8-4-12-28-17)16(14-15-6-2-1-3-7-15)24-21(27)18-9-5-13-29-18/h1-9,12-13,16H,10-11,14H2,(H,22,25)(H,23,26)(H,24,27). The van der Waals surface area contributed by atoms with Crippen LogP contribution in [-0.4, -0.2) is 36.9 Å². The lowest BCUT2D eigenvalue weighted by atomic mass is 10.1. The molecule has 29 heavy (non-hydrogen) atoms. The molecule has 0 bridgehead atoms. The highest BCUT2D eigenvalue weighted by atomic mass is 16.3. The molecule has 0 aliphatic heterocycles. The number of hydrogen-bond donors (Lipinski definition) is 3. The molecule has 3 amide bonds. The van der Waals surface area contributed by atoms with Gasteiger partial charge in [-0.2, -0.15) is 0 Å². The van der Waals surface area contributed by atoms with E-state index >= 15 is 0 Å². The Morgan fingerprint density at radius 2 is 1.38 bits per heavy atom. The number of carbonyl (C=O) groups excluding carboxylic acids is 3. The maximum Gasteiger partial charge on any atom is 0.287 e. The van der Waals surface area contributed by atoms with E-state index in [1.165, 1.54) is 18.6 Å². The fourth-order valence-electron chi connectivity index (χ4n) is 2.68. The Kier molecular flexibility index (Phi) is 6.83. The first-order valence-electron chi connectivity index (χ1n) is 9.11. The average molecular weight is 395 g/mol. The number of furan rings is 2. The molecule has 2 heterocycles. The predicted molar refractivity (Wildman–Crippen MR) is 104 cm³/mol. The number of amides is 3. The van der Waals surface area contributed by atoms with Crippen LogP contribution in [0.2, 0.25) is 0 Å². The molecule has 3 rings (SSSR count). The maximum absolute atomic E-state index is 12.6. The summed E-state index contributed by atoms with van der Waals surface area (Å²) in [6, 6.07) is 14.9. The molecule has 0 fully saturated rings. The molecule has 2 aromatic heterocycles. The van der Waals surface area contributed by atoms with Gasteiger partial charge in [0.15, 0.2) is 11.5 Å². The second kappa shape index (κ2) is 9.93. The first-order valence-corrected chi connectivity index (χ1v) is 9.11. The molecule has 0 spiro atoms. The summed E-state index contributed by atoms with van der Waals surface area (Å²) in [5, 5.41) is 8.06. The molecule has 0 aliphatic carbocycles. The van der Waals surface area contributed by atoms with Crippen molar-refractivity contribution in [2.45, 2.75) is 12.5 Å². The smallest absolute Gasteiger partial charge is 0.287 e. The van der Waals surface area contributed by atoms with Crippen LogP contribution < -0.4 is 16.0 Å². The van der Waals surface area contributed by atoms with E-state index in [1.54, 1.807) is 18.2 Å². The fraction of sp³-hybridized carbons (Fsp3) is 0.190. The quantitative estimate of drug-likeness (QED) is 0.478. The lowest BCUT2D eigenvalue weighted by Crippen LogP contribution is -2.49. The lowest BCUT2D eigenvalue weighted by Gasteiger charge is -2.18. The van der Waals surface area contributed by atoms with Crippen LogP contribution in [-0.2, 0) is 11.2 Å². The molecule has 1 atom stereocenters. The number of benzene rings is 1. The molecule has 8 nitrogen and oxygen atoms in total. The number of carbonyl (C=O) groups is 3. The van der Waals surface area contributed by atoms with Crippen LogP contribution in [0.25, 0.3) is 0 Å². The van der Waals surface area contributed by atoms with Crippen molar-refractivity contribution in [3.63, 3.8) is 0 Å². The van der Waals surface area contributed by atoms with E-state index in [-0.39, 0.29) is 36.4 Å². The fourth-order valence-corrected chi connectivity index (χ4v) is 2.68. The highest BCUT2D eigenvalue weighted by Crippen LogP contribution is 2.06. The molecular weight excluding hydrogens is 374 g/mol. The van der Waals surface area contributed by atoms with Gasteiger partial charge >= 0.3 is 0 Å². The van der Waals surface area contributed by atoms with Crippen molar-refractivity contribution < 1.29 is 23.2 Å². The van der Waals surface area contributed by atoms with Gasteiger partial charge in [-0.05, 0) is 29.8 Å². The Balaban J connectivity index is 1.54. The Labute approximate surface area is 167 Å². The molecule has 8 heteroatoms. The van der Waals surface area contributed by atoms with Crippen molar-refractivity contribution in [3.05, 3.63) is 84.2 Å². The molecular formula is C21H21N3O5. The van der Waals surface area contributed by atoms with E-state index in [2.05, 4.69) is 16.0 Å². The molecule has 150 valence electrons. The molecule has 1 aromatic carbocycles. The van der Waals surface area contributed by atoms with Gasteiger partial charge in [-0.1, -0.05) is 30.3 Å². The van der Waals surface area contributed by atoms with Crippen LogP contribution in [0.5, 0.6) is 0 Å². The van der Waals surface area contributed by atoms with Crippen LogP contribution in [0, 0.1) is 0 Å². The van der Waals surface area contributed by atoms with Crippen LogP contribution in [0.4, 0.5) is 0 Å². The van der Waals surface area contributed by atoms with Gasteiger partial charge in [0.1, 0.15) is 6.04 Å². The number of rotatable bonds is 9. The van der Waals surface area contributed by atoms with Crippen LogP contribution in [0.1, 0.15) is 26.7 Å². The Bertz CT molecular complexity index is 921. The van der Waals surface area contributed by atoms with Gasteiger partial charge in [0, 0.05) is 19.5 Å². The van der Waals surface area contributed by atoms with Gasteiger partial charge in [-0.25, -0.2) is 0 Å². The first kappa shape index (κ1) is 19.9. The summed E-state index contributed by atoms with van der Waals surface area (Å²) in [5.74, 6) is -0.875. The van der Waals surface area contributed by atoms with Gasteiger partial charge in [-0.15, -0.1) is 0 Å². The maximum atomic E-state index is 12.6. The third kappa shape index (κ3) is 5.83. The second-order valence-electron chi connectivity index (χ2n) is 6.22. The van der Waals surface area contributed by atoms with Crippen molar-refractivity contribution in [2.75, 3.05) is 13.1 Å². The second-order valence-corrected chi connectivity index (χ2v) is 6.22. The van der Waals surface area contributed by atoms with Gasteiger partial charge in [0.2, 0.25) is 5.91 Å². The largest absolute Gasteiger partial charge is 0.459 e. The van der Waals surface area contributed by atoms with Crippen molar-refractivity contribution in [3.8, 4) is 0 Å². The zero-order valence-corrected chi connectivity index (χ0v) is 15.6. The van der Waals surface area contributed by atoms with Crippen LogP contribution in [0.3, 0.4) is 0 Å². The minimum Gasteiger partial charge on any atom is -0.459 e. The van der Waals surface area contributed by atoms with Crippen molar-refractivity contribution in [2.24, 2.45) is 0 Å². The summed E-state index contributed by atoms with van der Waals surface area (Å²) >= 11 is 0. The van der Waals surface area contributed by atoms with Crippen LogP contribution in [0.15, 0.2) is 76.0 Å². The van der Waals surface area contributed by atoms with E-state index in [1.807, 2.05) is 30.3 Å². The number of nitrogens with one attached hydrogen (secondary N) is 3. The van der Waals surface area contributed by atoms with Crippen molar-refractivity contribution in [1.82, 2.24) is 16.0 Å². The van der Waals surface area contributed by atoms with Crippen LogP contribution >= 0.6 is 0 Å². The monoisotopic (exact) mass is 395 g/mol. The molecule has 1 unspecified atom stereocenters. The molecule has 3 N–H and O–H groups in total. The first-order chi connectivity index (χ1) is 14.1. The Morgan fingerprint density at radius 1 is 0.759 bits per heavy atom. The minimum atomic E-state index is -0.796. The Morgan fingerprint density at radius 3 is 2.00 bits per heavy atom. The summed E-state index contributed by atoms with van der Waals surface area (Å²) in [4.78, 5) is 36.8. The SMILES string of the molecule is O=C(NCCNC(=O)C(Cc1ccccc1)NC(=O)c1ccco1)c1ccco1. The van der Waals surface area contributed by atoms with E-state index in [4.69, 9.17) is 8.83 Å². The summed E-state index contributed by atoms with van der Waals surface area (Å²) in [6.45, 7) is 0.419. The highest BCUT2D eigenvalue weighted by molar-refractivity contribution is 5.95. The molecule has 0 saturated heterocycles. The number of hydrogen-bond acceptors (Lipinski definition) is 5. The molecule has 0 radical (unpaired) electrons. The van der Waals surface area contributed by atoms with E-state index in [0.717, 1.165) is 5.56 Å². The predicted octanol–water partition coefficient (Wildman–Crippen LogP) is 1.76. The molecule has 0 saturated carbocycles. The third-order valence-corrected chi connectivity index (χ3v) is 4.10. The van der Waals surface area contributed by atoms with E-state index in [0.29, 0.717) is 6.42 Å². The summed E-state index contributed by atoms with van der Waals surface area (Å²) in [7, 11) is 0. The average Bonchev–Trinajstić information content (AvgIpc) is 3.45. The summed E-state index contributed by atoms with van der Waals surface area (Å²) in [5.41, 5.74) is 0.901. The zero-order valence-electron chi connectivity index (χ0n) is 15.6. The lowest BCUT2D eigenvalue weighted by molar-refractivity contribution is -0.122. The summed E-state index contributed by atoms with van der Waals surface area (Å²) in [6.07, 6.45) is 3.12.